The minimum atomic E-state index is -4.50. The molecule has 0 saturated carbocycles. The molecule has 11 heteroatoms. The molecule has 0 unspecified atom stereocenters. The van der Waals surface area contributed by atoms with E-state index in [0.717, 1.165) is 25.1 Å². The van der Waals surface area contributed by atoms with Crippen molar-refractivity contribution in [2.24, 2.45) is 0 Å². The molecule has 0 aliphatic carbocycles. The van der Waals surface area contributed by atoms with Crippen LogP contribution < -0.4 is 10.8 Å². The van der Waals surface area contributed by atoms with Crippen molar-refractivity contribution in [2.45, 2.75) is 38.9 Å². The zero-order valence-electron chi connectivity index (χ0n) is 16.0. The lowest BCUT2D eigenvalue weighted by Crippen LogP contribution is -2.37. The fraction of sp³-hybridized carbons (Fsp3) is 0.333. The van der Waals surface area contributed by atoms with Gasteiger partial charge in [0.15, 0.2) is 5.82 Å². The van der Waals surface area contributed by atoms with Gasteiger partial charge in [-0.2, -0.15) is 23.4 Å². The Hall–Kier alpha value is -3.11. The molecule has 0 bridgehead atoms. The Morgan fingerprint density at radius 3 is 2.69 bits per heavy atom. The second-order valence-corrected chi connectivity index (χ2v) is 7.13. The Morgan fingerprint density at radius 2 is 2.03 bits per heavy atom. The number of rotatable bonds is 5. The molecule has 1 aromatic carbocycles. The number of hydrogen-bond acceptors (Lipinski definition) is 4. The van der Waals surface area contributed by atoms with Gasteiger partial charge < -0.3 is 5.32 Å². The van der Waals surface area contributed by atoms with Gasteiger partial charge in [0.05, 0.1) is 24.0 Å². The van der Waals surface area contributed by atoms with Crippen LogP contribution in [0.3, 0.4) is 0 Å². The SMILES string of the molecule is [B]c1ccc(-n2cc(C(=O)NCc3nc(C(C)(C)C(F)(F)F)n[nH]3)cn2)c(C)c1. The van der Waals surface area contributed by atoms with Gasteiger partial charge in [-0.3, -0.25) is 9.89 Å². The minimum Gasteiger partial charge on any atom is -0.345 e. The maximum atomic E-state index is 13.1. The molecule has 0 saturated heterocycles. The summed E-state index contributed by atoms with van der Waals surface area (Å²) in [5.41, 5.74) is 0.367. The number of aromatic amines is 1. The molecule has 1 amide bonds. The van der Waals surface area contributed by atoms with E-state index in [1.165, 1.54) is 6.20 Å². The van der Waals surface area contributed by atoms with Crippen molar-refractivity contribution in [3.63, 3.8) is 0 Å². The number of H-pyrrole nitrogens is 1. The summed E-state index contributed by atoms with van der Waals surface area (Å²) in [6.07, 6.45) is -1.55. The predicted octanol–water partition coefficient (Wildman–Crippen LogP) is 1.86. The van der Waals surface area contributed by atoms with E-state index >= 15 is 0 Å². The van der Waals surface area contributed by atoms with Crippen molar-refractivity contribution in [3.05, 3.63) is 53.4 Å². The molecule has 0 aliphatic heterocycles. The number of nitrogens with zero attached hydrogens (tertiary/aromatic N) is 4. The standard InChI is InChI=1S/C18H18BF3N6O/c1-10-6-12(19)4-5-13(10)28-9-11(7-24-28)15(29)23-8-14-25-16(27-26-14)17(2,3)18(20,21)22/h4-7,9H,8H2,1-3H3,(H,23,29)(H,25,26,27). The van der Waals surface area contributed by atoms with E-state index in [-0.39, 0.29) is 23.8 Å². The normalized spacial score (nSPS) is 12.2. The monoisotopic (exact) mass is 402 g/mol. The largest absolute Gasteiger partial charge is 0.401 e. The maximum absolute atomic E-state index is 13.1. The van der Waals surface area contributed by atoms with Crippen LogP contribution in [0.25, 0.3) is 5.69 Å². The van der Waals surface area contributed by atoms with Gasteiger partial charge in [0.1, 0.15) is 19.1 Å². The van der Waals surface area contributed by atoms with E-state index in [9.17, 15) is 18.0 Å². The number of nitrogens with one attached hydrogen (secondary N) is 2. The molecule has 3 rings (SSSR count). The first-order chi connectivity index (χ1) is 13.5. The number of benzene rings is 1. The average molecular weight is 402 g/mol. The number of carbonyl (C=O) groups is 1. The van der Waals surface area contributed by atoms with Gasteiger partial charge in [0.25, 0.3) is 5.91 Å². The summed E-state index contributed by atoms with van der Waals surface area (Å²) >= 11 is 0. The first-order valence-corrected chi connectivity index (χ1v) is 8.67. The fourth-order valence-corrected chi connectivity index (χ4v) is 2.55. The maximum Gasteiger partial charge on any atom is 0.401 e. The summed E-state index contributed by atoms with van der Waals surface area (Å²) in [7, 11) is 5.74. The molecule has 2 radical (unpaired) electrons. The molecule has 0 fully saturated rings. The molecule has 3 aromatic rings. The van der Waals surface area contributed by atoms with Gasteiger partial charge in [-0.05, 0) is 32.4 Å². The second kappa shape index (κ2) is 7.38. The molecule has 0 atom stereocenters. The van der Waals surface area contributed by atoms with Gasteiger partial charge in [-0.25, -0.2) is 9.67 Å². The first-order valence-electron chi connectivity index (χ1n) is 8.67. The van der Waals surface area contributed by atoms with Crippen molar-refractivity contribution in [2.75, 3.05) is 0 Å². The van der Waals surface area contributed by atoms with Crippen LogP contribution in [0, 0.1) is 6.92 Å². The highest BCUT2D eigenvalue weighted by Crippen LogP contribution is 2.38. The molecule has 29 heavy (non-hydrogen) atoms. The van der Waals surface area contributed by atoms with Crippen LogP contribution in [0.2, 0.25) is 0 Å². The third kappa shape index (κ3) is 4.18. The highest BCUT2D eigenvalue weighted by molar-refractivity contribution is 6.32. The number of aromatic nitrogens is 5. The van der Waals surface area contributed by atoms with Crippen molar-refractivity contribution >= 4 is 19.2 Å². The summed E-state index contributed by atoms with van der Waals surface area (Å²) in [5, 5.41) is 12.8. The Kier molecular flexibility index (Phi) is 5.25. The van der Waals surface area contributed by atoms with E-state index in [1.807, 2.05) is 6.92 Å². The number of carbonyl (C=O) groups excluding carboxylic acids is 1. The van der Waals surface area contributed by atoms with Crippen molar-refractivity contribution in [1.29, 1.82) is 0 Å². The summed E-state index contributed by atoms with van der Waals surface area (Å²) in [6.45, 7) is 3.75. The topological polar surface area (TPSA) is 88.5 Å². The smallest absolute Gasteiger partial charge is 0.345 e. The Labute approximate surface area is 166 Å². The van der Waals surface area contributed by atoms with Crippen LogP contribution >= 0.6 is 0 Å². The molecule has 0 spiro atoms. The van der Waals surface area contributed by atoms with Crippen molar-refractivity contribution < 1.29 is 18.0 Å². The lowest BCUT2D eigenvalue weighted by atomic mass is 9.92. The minimum absolute atomic E-state index is 0.105. The second-order valence-electron chi connectivity index (χ2n) is 7.13. The Balaban J connectivity index is 1.67. The van der Waals surface area contributed by atoms with Crippen LogP contribution in [0.5, 0.6) is 0 Å². The average Bonchev–Trinajstić information content (AvgIpc) is 3.28. The van der Waals surface area contributed by atoms with E-state index in [4.69, 9.17) is 7.85 Å². The number of halogens is 3. The van der Waals surface area contributed by atoms with Crippen LogP contribution in [0.4, 0.5) is 13.2 Å². The number of alkyl halides is 3. The lowest BCUT2D eigenvalue weighted by Gasteiger charge is -2.24. The fourth-order valence-electron chi connectivity index (χ4n) is 2.55. The van der Waals surface area contributed by atoms with Gasteiger partial charge in [0, 0.05) is 6.20 Å². The summed E-state index contributed by atoms with van der Waals surface area (Å²) in [5.74, 6) is -0.717. The van der Waals surface area contributed by atoms with Crippen LogP contribution in [0.1, 0.15) is 41.4 Å². The van der Waals surface area contributed by atoms with Gasteiger partial charge in [-0.15, -0.1) is 0 Å². The van der Waals surface area contributed by atoms with Gasteiger partial charge in [-0.1, -0.05) is 17.6 Å². The molecular weight excluding hydrogens is 384 g/mol. The third-order valence-electron chi connectivity index (χ3n) is 4.53. The molecule has 2 aromatic heterocycles. The van der Waals surface area contributed by atoms with Gasteiger partial charge in [0.2, 0.25) is 0 Å². The van der Waals surface area contributed by atoms with Crippen molar-refractivity contribution in [1.82, 2.24) is 30.3 Å². The molecule has 150 valence electrons. The van der Waals surface area contributed by atoms with E-state index in [0.29, 0.717) is 5.46 Å². The van der Waals surface area contributed by atoms with E-state index in [2.05, 4.69) is 25.6 Å². The number of amides is 1. The van der Waals surface area contributed by atoms with Crippen molar-refractivity contribution in [3.8, 4) is 5.69 Å². The highest BCUT2D eigenvalue weighted by Gasteiger charge is 2.51. The third-order valence-corrected chi connectivity index (χ3v) is 4.53. The first kappa shape index (κ1) is 20.6. The van der Waals surface area contributed by atoms with E-state index in [1.54, 1.807) is 29.1 Å². The molecule has 7 nitrogen and oxygen atoms in total. The summed E-state index contributed by atoms with van der Waals surface area (Å²) in [6, 6.07) is 5.31. The predicted molar refractivity (Wildman–Crippen MR) is 100 cm³/mol. The molecular formula is C18H18BF3N6O. The zero-order valence-corrected chi connectivity index (χ0v) is 16.0. The quantitative estimate of drug-likeness (QED) is 0.638. The Bertz CT molecular complexity index is 1040. The highest BCUT2D eigenvalue weighted by atomic mass is 19.4. The Morgan fingerprint density at radius 1 is 1.31 bits per heavy atom. The van der Waals surface area contributed by atoms with Gasteiger partial charge >= 0.3 is 6.18 Å². The zero-order chi connectivity index (χ0) is 21.4. The summed E-state index contributed by atoms with van der Waals surface area (Å²) < 4.78 is 40.8. The summed E-state index contributed by atoms with van der Waals surface area (Å²) in [4.78, 5) is 16.2. The number of hydrogen-bond donors (Lipinski definition) is 2. The number of aryl methyl sites for hydroxylation is 1. The molecule has 2 heterocycles. The van der Waals surface area contributed by atoms with Crippen LogP contribution in [-0.4, -0.2) is 44.9 Å². The molecule has 0 aliphatic rings. The molecule has 2 N–H and O–H groups in total. The van der Waals surface area contributed by atoms with E-state index < -0.39 is 17.5 Å². The van der Waals surface area contributed by atoms with Crippen LogP contribution in [-0.2, 0) is 12.0 Å². The lowest BCUT2D eigenvalue weighted by molar-refractivity contribution is -0.182. The van der Waals surface area contributed by atoms with Crippen LogP contribution in [0.15, 0.2) is 30.6 Å².